The Morgan fingerprint density at radius 1 is 1.60 bits per heavy atom. The fourth-order valence-corrected chi connectivity index (χ4v) is 1.39. The molecular formula is C10H10BrN3O. The van der Waals surface area contributed by atoms with Gasteiger partial charge in [-0.2, -0.15) is 5.26 Å². The number of carbonyl (C=O) groups is 1. The van der Waals surface area contributed by atoms with E-state index in [0.29, 0.717) is 11.3 Å². The maximum absolute atomic E-state index is 11.0. The molecule has 0 aliphatic rings. The van der Waals surface area contributed by atoms with Crippen molar-refractivity contribution in [3.8, 4) is 6.07 Å². The molecule has 0 heterocycles. The van der Waals surface area contributed by atoms with Crippen molar-refractivity contribution in [2.24, 2.45) is 0 Å². The van der Waals surface area contributed by atoms with Crippen LogP contribution in [-0.2, 0) is 4.79 Å². The Kier molecular flexibility index (Phi) is 4.13. The number of likely N-dealkylation sites (N-methyl/N-ethyl adjacent to an activating group) is 1. The van der Waals surface area contributed by atoms with Crippen molar-refractivity contribution in [3.05, 3.63) is 28.2 Å². The van der Waals surface area contributed by atoms with E-state index in [9.17, 15) is 4.79 Å². The van der Waals surface area contributed by atoms with Crippen LogP contribution in [0.4, 0.5) is 5.69 Å². The first-order chi connectivity index (χ1) is 7.17. The van der Waals surface area contributed by atoms with E-state index >= 15 is 0 Å². The van der Waals surface area contributed by atoms with Crippen molar-refractivity contribution < 1.29 is 4.79 Å². The lowest BCUT2D eigenvalue weighted by atomic mass is 10.2. The maximum atomic E-state index is 11.0. The van der Waals surface area contributed by atoms with Crippen molar-refractivity contribution in [2.75, 3.05) is 18.9 Å². The van der Waals surface area contributed by atoms with Gasteiger partial charge in [-0.05, 0) is 18.2 Å². The fourth-order valence-electron chi connectivity index (χ4n) is 1.03. The minimum atomic E-state index is -0.123. The van der Waals surface area contributed by atoms with E-state index in [2.05, 4.69) is 32.6 Å². The molecule has 0 fully saturated rings. The molecule has 5 heteroatoms. The smallest absolute Gasteiger partial charge is 0.239 e. The lowest BCUT2D eigenvalue weighted by Crippen LogP contribution is -2.26. The van der Waals surface area contributed by atoms with Gasteiger partial charge >= 0.3 is 0 Å². The highest BCUT2D eigenvalue weighted by molar-refractivity contribution is 9.10. The fraction of sp³-hybridized carbons (Fsp3) is 0.200. The van der Waals surface area contributed by atoms with Crippen LogP contribution in [0.2, 0.25) is 0 Å². The molecule has 0 saturated heterocycles. The lowest BCUT2D eigenvalue weighted by molar-refractivity contribution is -0.118. The molecule has 0 atom stereocenters. The quantitative estimate of drug-likeness (QED) is 0.872. The topological polar surface area (TPSA) is 64.9 Å². The first kappa shape index (κ1) is 11.5. The van der Waals surface area contributed by atoms with Gasteiger partial charge in [0.25, 0.3) is 0 Å². The summed E-state index contributed by atoms with van der Waals surface area (Å²) in [6, 6.07) is 7.32. The minimum Gasteiger partial charge on any atom is -0.375 e. The number of nitrogens with zero attached hydrogens (tertiary/aromatic N) is 1. The summed E-state index contributed by atoms with van der Waals surface area (Å²) in [4.78, 5) is 11.0. The molecule has 0 unspecified atom stereocenters. The summed E-state index contributed by atoms with van der Waals surface area (Å²) < 4.78 is 0.838. The molecular weight excluding hydrogens is 258 g/mol. The van der Waals surface area contributed by atoms with Gasteiger partial charge in [0.1, 0.15) is 6.07 Å². The second-order valence-electron chi connectivity index (χ2n) is 2.83. The van der Waals surface area contributed by atoms with Gasteiger partial charge in [0.05, 0.1) is 17.8 Å². The summed E-state index contributed by atoms with van der Waals surface area (Å²) in [5, 5.41) is 14.2. The first-order valence-corrected chi connectivity index (χ1v) is 5.10. The molecule has 0 aliphatic heterocycles. The van der Waals surface area contributed by atoms with E-state index in [4.69, 9.17) is 5.26 Å². The monoisotopic (exact) mass is 267 g/mol. The SMILES string of the molecule is CNC(=O)CNc1ccc(Br)cc1C#N. The number of hydrogen-bond acceptors (Lipinski definition) is 3. The molecule has 1 aromatic rings. The third kappa shape index (κ3) is 3.26. The molecule has 0 aromatic heterocycles. The molecule has 0 radical (unpaired) electrons. The Morgan fingerprint density at radius 3 is 2.93 bits per heavy atom. The van der Waals surface area contributed by atoms with Crippen LogP contribution in [-0.4, -0.2) is 19.5 Å². The van der Waals surface area contributed by atoms with E-state index in [1.54, 1.807) is 19.2 Å². The van der Waals surface area contributed by atoms with E-state index in [-0.39, 0.29) is 12.5 Å². The van der Waals surface area contributed by atoms with Crippen molar-refractivity contribution in [3.63, 3.8) is 0 Å². The molecule has 1 aromatic carbocycles. The third-order valence-corrected chi connectivity index (χ3v) is 2.31. The number of amides is 1. The molecule has 0 saturated carbocycles. The van der Waals surface area contributed by atoms with Crippen LogP contribution in [0.1, 0.15) is 5.56 Å². The predicted octanol–water partition coefficient (Wildman–Crippen LogP) is 1.48. The number of anilines is 1. The second kappa shape index (κ2) is 5.37. The molecule has 1 amide bonds. The van der Waals surface area contributed by atoms with Gasteiger partial charge in [-0.3, -0.25) is 4.79 Å². The van der Waals surface area contributed by atoms with E-state index in [1.165, 1.54) is 0 Å². The van der Waals surface area contributed by atoms with Crippen molar-refractivity contribution >= 4 is 27.5 Å². The van der Waals surface area contributed by atoms with Gasteiger partial charge in [-0.15, -0.1) is 0 Å². The van der Waals surface area contributed by atoms with Crippen LogP contribution in [0.5, 0.6) is 0 Å². The summed E-state index contributed by atoms with van der Waals surface area (Å²) in [5.41, 5.74) is 1.16. The molecule has 4 nitrogen and oxygen atoms in total. The van der Waals surface area contributed by atoms with Gasteiger partial charge in [0.15, 0.2) is 0 Å². The highest BCUT2D eigenvalue weighted by atomic mass is 79.9. The minimum absolute atomic E-state index is 0.123. The highest BCUT2D eigenvalue weighted by Crippen LogP contribution is 2.19. The number of nitriles is 1. The zero-order valence-electron chi connectivity index (χ0n) is 8.17. The third-order valence-electron chi connectivity index (χ3n) is 1.82. The van der Waals surface area contributed by atoms with Crippen molar-refractivity contribution in [1.82, 2.24) is 5.32 Å². The molecule has 78 valence electrons. The maximum Gasteiger partial charge on any atom is 0.239 e. The number of halogens is 1. The molecule has 0 aliphatic carbocycles. The van der Waals surface area contributed by atoms with Gasteiger partial charge < -0.3 is 10.6 Å². The zero-order chi connectivity index (χ0) is 11.3. The second-order valence-corrected chi connectivity index (χ2v) is 3.74. The summed E-state index contributed by atoms with van der Waals surface area (Å²) in [6.07, 6.45) is 0. The molecule has 1 rings (SSSR count). The lowest BCUT2D eigenvalue weighted by Gasteiger charge is -2.07. The first-order valence-electron chi connectivity index (χ1n) is 4.31. The van der Waals surface area contributed by atoms with E-state index < -0.39 is 0 Å². The van der Waals surface area contributed by atoms with Crippen LogP contribution in [0.25, 0.3) is 0 Å². The van der Waals surface area contributed by atoms with Gasteiger partial charge in [-0.1, -0.05) is 15.9 Å². The number of rotatable bonds is 3. The van der Waals surface area contributed by atoms with E-state index in [1.807, 2.05) is 6.07 Å². The average Bonchev–Trinajstić information content (AvgIpc) is 2.26. The number of hydrogen-bond donors (Lipinski definition) is 2. The van der Waals surface area contributed by atoms with Crippen LogP contribution < -0.4 is 10.6 Å². The zero-order valence-corrected chi connectivity index (χ0v) is 9.76. The Balaban J connectivity index is 2.77. The van der Waals surface area contributed by atoms with Crippen molar-refractivity contribution in [1.29, 1.82) is 5.26 Å². The summed E-state index contributed by atoms with van der Waals surface area (Å²) >= 11 is 3.27. The average molecular weight is 268 g/mol. The normalized spacial score (nSPS) is 9.13. The van der Waals surface area contributed by atoms with Gasteiger partial charge in [-0.25, -0.2) is 0 Å². The summed E-state index contributed by atoms with van der Waals surface area (Å²) in [7, 11) is 1.57. The Morgan fingerprint density at radius 2 is 2.33 bits per heavy atom. The molecule has 2 N–H and O–H groups in total. The van der Waals surface area contributed by atoms with Crippen molar-refractivity contribution in [2.45, 2.75) is 0 Å². The Labute approximate surface area is 96.4 Å². The van der Waals surface area contributed by atoms with Crippen LogP contribution in [0.3, 0.4) is 0 Å². The van der Waals surface area contributed by atoms with Crippen LogP contribution >= 0.6 is 15.9 Å². The number of benzene rings is 1. The highest BCUT2D eigenvalue weighted by Gasteiger charge is 2.03. The Bertz CT molecular complexity index is 412. The van der Waals surface area contributed by atoms with Gasteiger partial charge in [0.2, 0.25) is 5.91 Å². The predicted molar refractivity (Wildman–Crippen MR) is 61.4 cm³/mol. The van der Waals surface area contributed by atoms with E-state index in [0.717, 1.165) is 4.47 Å². The summed E-state index contributed by atoms with van der Waals surface area (Å²) in [6.45, 7) is 0.160. The van der Waals surface area contributed by atoms with Crippen LogP contribution in [0.15, 0.2) is 22.7 Å². The Hall–Kier alpha value is -1.54. The van der Waals surface area contributed by atoms with Crippen LogP contribution in [0, 0.1) is 11.3 Å². The largest absolute Gasteiger partial charge is 0.375 e. The number of carbonyl (C=O) groups excluding carboxylic acids is 1. The number of nitrogens with one attached hydrogen (secondary N) is 2. The molecule has 0 spiro atoms. The molecule has 15 heavy (non-hydrogen) atoms. The molecule has 0 bridgehead atoms. The standard InChI is InChI=1S/C10H10BrN3O/c1-13-10(15)6-14-9-3-2-8(11)4-7(9)5-12/h2-4,14H,6H2,1H3,(H,13,15). The van der Waals surface area contributed by atoms with Gasteiger partial charge in [0, 0.05) is 11.5 Å². The summed E-state index contributed by atoms with van der Waals surface area (Å²) in [5.74, 6) is -0.123.